The maximum atomic E-state index is 11.1. The van der Waals surface area contributed by atoms with Crippen LogP contribution in [0.15, 0.2) is 54.6 Å². The van der Waals surface area contributed by atoms with Gasteiger partial charge in [0.15, 0.2) is 0 Å². The van der Waals surface area contributed by atoms with Crippen LogP contribution in [-0.4, -0.2) is 16.1 Å². The summed E-state index contributed by atoms with van der Waals surface area (Å²) in [5.74, 6) is -0.0997. The molecule has 0 aliphatic rings. The first-order valence-corrected chi connectivity index (χ1v) is 7.93. The molecule has 5 heteroatoms. The fourth-order valence-corrected chi connectivity index (χ4v) is 3.06. The maximum Gasteiger partial charge on any atom is 0.347 e. The molecule has 0 aliphatic carbocycles. The lowest BCUT2D eigenvalue weighted by atomic mass is 10.1. The molecule has 0 amide bonds. The van der Waals surface area contributed by atoms with Gasteiger partial charge in [0.2, 0.25) is 0 Å². The Balaban J connectivity index is 1.72. The fourth-order valence-electron chi connectivity index (χ4n) is 2.15. The van der Waals surface area contributed by atoms with Gasteiger partial charge in [-0.05, 0) is 24.6 Å². The molecule has 116 valence electrons. The number of aryl methyl sites for hydroxylation is 1. The lowest BCUT2D eigenvalue weighted by molar-refractivity contribution is 0.0701. The number of para-hydroxylation sites is 1. The summed E-state index contributed by atoms with van der Waals surface area (Å²) in [6.07, 6.45) is 0. The van der Waals surface area contributed by atoms with E-state index >= 15 is 0 Å². The van der Waals surface area contributed by atoms with E-state index in [1.165, 1.54) is 11.3 Å². The first kappa shape index (κ1) is 15.2. The quantitative estimate of drug-likeness (QED) is 0.755. The summed E-state index contributed by atoms with van der Waals surface area (Å²) < 4.78 is 5.70. The Morgan fingerprint density at radius 2 is 1.83 bits per heavy atom. The minimum absolute atomic E-state index is 0.288. The Labute approximate surface area is 138 Å². The van der Waals surface area contributed by atoms with E-state index in [1.54, 1.807) is 6.92 Å². The highest BCUT2D eigenvalue weighted by Gasteiger charge is 2.14. The smallest absolute Gasteiger partial charge is 0.347 e. The molecule has 0 bridgehead atoms. The lowest BCUT2D eigenvalue weighted by Gasteiger charge is -2.06. The normalized spacial score (nSPS) is 10.5. The van der Waals surface area contributed by atoms with Crippen molar-refractivity contribution in [1.29, 1.82) is 0 Å². The number of carbonyl (C=O) groups is 1. The molecule has 2 aromatic carbocycles. The number of thiazole rings is 1. The van der Waals surface area contributed by atoms with Crippen LogP contribution in [0.2, 0.25) is 0 Å². The summed E-state index contributed by atoms with van der Waals surface area (Å²) in [6.45, 7) is 2.20. The number of ether oxygens (including phenoxy) is 1. The summed E-state index contributed by atoms with van der Waals surface area (Å²) in [6, 6.07) is 17.5. The molecule has 1 heterocycles. The van der Waals surface area contributed by atoms with Gasteiger partial charge in [0.25, 0.3) is 0 Å². The number of carboxylic acids is 1. The van der Waals surface area contributed by atoms with Crippen molar-refractivity contribution in [3.63, 3.8) is 0 Å². The minimum atomic E-state index is -0.931. The molecule has 23 heavy (non-hydrogen) atoms. The topological polar surface area (TPSA) is 59.4 Å². The molecule has 0 saturated carbocycles. The lowest BCUT2D eigenvalue weighted by Crippen LogP contribution is -1.94. The van der Waals surface area contributed by atoms with Crippen LogP contribution in [0.25, 0.3) is 10.6 Å². The first-order chi connectivity index (χ1) is 11.1. The van der Waals surface area contributed by atoms with E-state index in [4.69, 9.17) is 9.84 Å². The Morgan fingerprint density at radius 3 is 2.43 bits per heavy atom. The Morgan fingerprint density at radius 1 is 1.13 bits per heavy atom. The molecule has 0 saturated heterocycles. The monoisotopic (exact) mass is 325 g/mol. The SMILES string of the molecule is Cc1nc(-c2ccc(COc3ccccc3)cc2)sc1C(=O)O. The van der Waals surface area contributed by atoms with Gasteiger partial charge in [0.05, 0.1) is 5.69 Å². The van der Waals surface area contributed by atoms with Crippen molar-refractivity contribution in [2.45, 2.75) is 13.5 Å². The van der Waals surface area contributed by atoms with Crippen molar-refractivity contribution in [3.8, 4) is 16.3 Å². The van der Waals surface area contributed by atoms with E-state index in [0.717, 1.165) is 21.9 Å². The average molecular weight is 325 g/mol. The summed E-state index contributed by atoms with van der Waals surface area (Å²) >= 11 is 1.19. The highest BCUT2D eigenvalue weighted by molar-refractivity contribution is 7.17. The summed E-state index contributed by atoms with van der Waals surface area (Å²) in [7, 11) is 0. The van der Waals surface area contributed by atoms with E-state index in [9.17, 15) is 4.79 Å². The van der Waals surface area contributed by atoms with Crippen molar-refractivity contribution in [3.05, 3.63) is 70.7 Å². The zero-order valence-corrected chi connectivity index (χ0v) is 13.3. The third-order valence-corrected chi connectivity index (χ3v) is 4.53. The van der Waals surface area contributed by atoms with Gasteiger partial charge < -0.3 is 9.84 Å². The van der Waals surface area contributed by atoms with E-state index < -0.39 is 5.97 Å². The van der Waals surface area contributed by atoms with Gasteiger partial charge in [-0.2, -0.15) is 0 Å². The highest BCUT2D eigenvalue weighted by Crippen LogP contribution is 2.28. The van der Waals surface area contributed by atoms with Crippen LogP contribution < -0.4 is 4.74 Å². The van der Waals surface area contributed by atoms with E-state index in [0.29, 0.717) is 12.3 Å². The van der Waals surface area contributed by atoms with E-state index in [-0.39, 0.29) is 4.88 Å². The minimum Gasteiger partial charge on any atom is -0.489 e. The molecule has 3 aromatic rings. The largest absolute Gasteiger partial charge is 0.489 e. The number of nitrogens with zero attached hydrogens (tertiary/aromatic N) is 1. The molecule has 0 radical (unpaired) electrons. The van der Waals surface area contributed by atoms with Crippen LogP contribution in [0.5, 0.6) is 5.75 Å². The van der Waals surface area contributed by atoms with Crippen LogP contribution in [0.3, 0.4) is 0 Å². The molecule has 4 nitrogen and oxygen atoms in total. The van der Waals surface area contributed by atoms with Crippen LogP contribution in [0.4, 0.5) is 0 Å². The predicted molar refractivity (Wildman–Crippen MR) is 90.0 cm³/mol. The molecule has 0 aliphatic heterocycles. The molecule has 0 spiro atoms. The highest BCUT2D eigenvalue weighted by atomic mass is 32.1. The van der Waals surface area contributed by atoms with Crippen molar-refractivity contribution < 1.29 is 14.6 Å². The molecule has 3 rings (SSSR count). The predicted octanol–water partition coefficient (Wildman–Crippen LogP) is 4.40. The van der Waals surface area contributed by atoms with Crippen molar-refractivity contribution in [2.75, 3.05) is 0 Å². The molecular weight excluding hydrogens is 310 g/mol. The summed E-state index contributed by atoms with van der Waals surface area (Å²) in [5, 5.41) is 9.82. The Hall–Kier alpha value is -2.66. The third-order valence-electron chi connectivity index (χ3n) is 3.34. The van der Waals surface area contributed by atoms with Gasteiger partial charge in [-0.15, -0.1) is 11.3 Å². The second-order valence-electron chi connectivity index (χ2n) is 5.04. The number of benzene rings is 2. The zero-order chi connectivity index (χ0) is 16.2. The van der Waals surface area contributed by atoms with Gasteiger partial charge >= 0.3 is 5.97 Å². The van der Waals surface area contributed by atoms with Gasteiger partial charge in [-0.1, -0.05) is 42.5 Å². The molecule has 0 unspecified atom stereocenters. The van der Waals surface area contributed by atoms with Crippen LogP contribution in [-0.2, 0) is 6.61 Å². The van der Waals surface area contributed by atoms with Gasteiger partial charge in [-0.25, -0.2) is 9.78 Å². The molecule has 1 N–H and O–H groups in total. The third kappa shape index (κ3) is 3.57. The number of aromatic nitrogens is 1. The standard InChI is InChI=1S/C18H15NO3S/c1-12-16(18(20)21)23-17(19-12)14-9-7-13(8-10-14)11-22-15-5-3-2-4-6-15/h2-10H,11H2,1H3,(H,20,21). The van der Waals surface area contributed by atoms with Crippen LogP contribution in [0, 0.1) is 6.92 Å². The van der Waals surface area contributed by atoms with Gasteiger partial charge in [0.1, 0.15) is 22.2 Å². The van der Waals surface area contributed by atoms with Crippen molar-refractivity contribution in [2.24, 2.45) is 0 Å². The van der Waals surface area contributed by atoms with Crippen LogP contribution >= 0.6 is 11.3 Å². The number of aromatic carboxylic acids is 1. The van der Waals surface area contributed by atoms with E-state index in [1.807, 2.05) is 54.6 Å². The Kier molecular flexibility index (Phi) is 4.39. The summed E-state index contributed by atoms with van der Waals surface area (Å²) in [4.78, 5) is 15.7. The number of rotatable bonds is 5. The molecule has 0 fully saturated rings. The van der Waals surface area contributed by atoms with Crippen molar-refractivity contribution in [1.82, 2.24) is 4.98 Å². The van der Waals surface area contributed by atoms with Gasteiger partial charge in [-0.3, -0.25) is 0 Å². The van der Waals surface area contributed by atoms with Crippen LogP contribution in [0.1, 0.15) is 20.9 Å². The Bertz CT molecular complexity index is 810. The number of carboxylic acid groups (broad SMARTS) is 1. The fraction of sp³-hybridized carbons (Fsp3) is 0.111. The zero-order valence-electron chi connectivity index (χ0n) is 12.5. The molecular formula is C18H15NO3S. The van der Waals surface area contributed by atoms with E-state index in [2.05, 4.69) is 4.98 Å². The maximum absolute atomic E-state index is 11.1. The number of hydrogen-bond donors (Lipinski definition) is 1. The summed E-state index contributed by atoms with van der Waals surface area (Å²) in [5.41, 5.74) is 2.51. The molecule has 0 atom stereocenters. The number of hydrogen-bond acceptors (Lipinski definition) is 4. The second kappa shape index (κ2) is 6.62. The van der Waals surface area contributed by atoms with Gasteiger partial charge in [0, 0.05) is 5.56 Å². The average Bonchev–Trinajstić information content (AvgIpc) is 2.96. The second-order valence-corrected chi connectivity index (χ2v) is 6.04. The molecule has 1 aromatic heterocycles. The van der Waals surface area contributed by atoms with Crippen molar-refractivity contribution >= 4 is 17.3 Å². The first-order valence-electron chi connectivity index (χ1n) is 7.11.